The van der Waals surface area contributed by atoms with Gasteiger partial charge in [0.05, 0.1) is 5.71 Å². The Morgan fingerprint density at radius 3 is 1.95 bits per heavy atom. The number of rotatable bonds is 7. The molecule has 40 heavy (non-hydrogen) atoms. The summed E-state index contributed by atoms with van der Waals surface area (Å²) < 4.78 is 0. The number of fused-ring (bicyclic) bond motifs is 1. The quantitative estimate of drug-likeness (QED) is 0.199. The number of carbonyl (C=O) groups is 1. The second-order valence-corrected chi connectivity index (χ2v) is 9.00. The molecule has 0 spiro atoms. The van der Waals surface area contributed by atoms with Crippen LogP contribution in [0.15, 0.2) is 113 Å². The number of hydrogen-bond donors (Lipinski definition) is 2. The molecule has 222 valence electrons. The average Bonchev–Trinajstić information content (AvgIpc) is 3.15. The van der Waals surface area contributed by atoms with Crippen molar-refractivity contribution in [2.24, 2.45) is 16.6 Å². The number of nitrogens with zero attached hydrogens (tertiary/aromatic N) is 1. The third-order valence-electron chi connectivity index (χ3n) is 4.77. The van der Waals surface area contributed by atoms with Gasteiger partial charge in [-0.05, 0) is 33.8 Å². The summed E-state index contributed by atoms with van der Waals surface area (Å²) in [7, 11) is 0. The Labute approximate surface area is 250 Å². The Bertz CT molecular complexity index is 983. The zero-order chi connectivity index (χ0) is 31.2. The molecule has 0 aliphatic carbocycles. The highest BCUT2D eigenvalue weighted by atomic mass is 32.2. The SMILES string of the molecule is C/C=C\C.C=CC(C)C=O.C=CCNCCN.CC.CC.CC1=C(C)Sc2ccccc2C(c2ccccc2)=N1. The molecule has 1 aliphatic heterocycles. The first-order valence-electron chi connectivity index (χ1n) is 14.2. The van der Waals surface area contributed by atoms with Crippen LogP contribution in [0.5, 0.6) is 0 Å². The summed E-state index contributed by atoms with van der Waals surface area (Å²) in [5.74, 6) is 0.0185. The predicted octanol–water partition coefficient (Wildman–Crippen LogP) is 9.24. The molecule has 2 aromatic carbocycles. The minimum atomic E-state index is 0.0185. The molecule has 5 heteroatoms. The van der Waals surface area contributed by atoms with Crippen molar-refractivity contribution in [3.8, 4) is 0 Å². The number of carbonyl (C=O) groups excluding carboxylic acids is 1. The molecule has 1 aliphatic rings. The molecule has 2 aromatic rings. The lowest BCUT2D eigenvalue weighted by atomic mass is 10.0. The van der Waals surface area contributed by atoms with Crippen LogP contribution in [-0.2, 0) is 4.79 Å². The van der Waals surface area contributed by atoms with Gasteiger partial charge in [0.1, 0.15) is 6.29 Å². The second kappa shape index (κ2) is 30.6. The van der Waals surface area contributed by atoms with E-state index in [1.54, 1.807) is 24.8 Å². The van der Waals surface area contributed by atoms with E-state index in [9.17, 15) is 4.79 Å². The van der Waals surface area contributed by atoms with E-state index < -0.39 is 0 Å². The third kappa shape index (κ3) is 20.0. The van der Waals surface area contributed by atoms with Crippen LogP contribution in [0.25, 0.3) is 0 Å². The fourth-order valence-corrected chi connectivity index (χ4v) is 3.42. The maximum atomic E-state index is 9.66. The first-order chi connectivity index (χ1) is 19.4. The van der Waals surface area contributed by atoms with Crippen molar-refractivity contribution >= 4 is 23.8 Å². The summed E-state index contributed by atoms with van der Waals surface area (Å²) >= 11 is 1.80. The molecule has 0 saturated heterocycles. The summed E-state index contributed by atoms with van der Waals surface area (Å²) in [6, 6.07) is 18.9. The molecule has 1 heterocycles. The maximum absolute atomic E-state index is 9.66. The molecule has 0 aromatic heterocycles. The highest BCUT2D eigenvalue weighted by molar-refractivity contribution is 8.03. The molecule has 0 fully saturated rings. The van der Waals surface area contributed by atoms with E-state index >= 15 is 0 Å². The smallest absolute Gasteiger partial charge is 0.126 e. The van der Waals surface area contributed by atoms with Gasteiger partial charge in [-0.1, -0.05) is 119 Å². The van der Waals surface area contributed by atoms with E-state index in [4.69, 9.17) is 10.7 Å². The van der Waals surface area contributed by atoms with Crippen molar-refractivity contribution in [1.29, 1.82) is 0 Å². The first-order valence-corrected chi connectivity index (χ1v) is 15.0. The summed E-state index contributed by atoms with van der Waals surface area (Å²) in [5.41, 5.74) is 9.73. The lowest BCUT2D eigenvalue weighted by Crippen LogP contribution is -2.21. The maximum Gasteiger partial charge on any atom is 0.126 e. The Balaban J connectivity index is -0.000000542. The van der Waals surface area contributed by atoms with E-state index in [1.165, 1.54) is 20.9 Å². The fourth-order valence-electron chi connectivity index (χ4n) is 2.47. The summed E-state index contributed by atoms with van der Waals surface area (Å²) in [6.07, 6.45) is 8.27. The monoisotopic (exact) mass is 565 g/mol. The summed E-state index contributed by atoms with van der Waals surface area (Å²) in [4.78, 5) is 17.0. The van der Waals surface area contributed by atoms with Gasteiger partial charge in [0.2, 0.25) is 0 Å². The minimum Gasteiger partial charge on any atom is -0.329 e. The molecular weight excluding hydrogens is 510 g/mol. The number of benzene rings is 2. The zero-order valence-corrected chi connectivity index (χ0v) is 27.4. The van der Waals surface area contributed by atoms with Crippen LogP contribution >= 0.6 is 11.8 Å². The molecule has 0 radical (unpaired) electrons. The fraction of sp³-hybridized carbons (Fsp3) is 0.371. The molecular formula is C35H55N3OS. The van der Waals surface area contributed by atoms with E-state index in [-0.39, 0.29) is 5.92 Å². The Hall–Kier alpha value is -2.99. The number of aliphatic imine (C=N–C) groups is 1. The highest BCUT2D eigenvalue weighted by Gasteiger charge is 2.16. The lowest BCUT2D eigenvalue weighted by molar-refractivity contribution is -0.109. The van der Waals surface area contributed by atoms with Gasteiger partial charge in [-0.15, -0.1) is 13.2 Å². The van der Waals surface area contributed by atoms with Gasteiger partial charge in [-0.3, -0.25) is 4.99 Å². The number of nitrogens with one attached hydrogen (secondary N) is 1. The average molecular weight is 566 g/mol. The lowest BCUT2D eigenvalue weighted by Gasteiger charge is -2.09. The molecule has 3 N–H and O–H groups in total. The number of thioether (sulfide) groups is 1. The Kier molecular flexibility index (Phi) is 31.7. The van der Waals surface area contributed by atoms with Gasteiger partial charge < -0.3 is 15.8 Å². The van der Waals surface area contributed by atoms with Crippen LogP contribution < -0.4 is 11.1 Å². The molecule has 1 unspecified atom stereocenters. The summed E-state index contributed by atoms with van der Waals surface area (Å²) in [5, 5.41) is 3.04. The van der Waals surface area contributed by atoms with Gasteiger partial charge in [-0.2, -0.15) is 0 Å². The number of nitrogens with two attached hydrogens (primary N) is 1. The molecule has 4 nitrogen and oxygen atoms in total. The van der Waals surface area contributed by atoms with E-state index in [0.29, 0.717) is 6.54 Å². The van der Waals surface area contributed by atoms with E-state index in [0.717, 1.165) is 30.8 Å². The van der Waals surface area contributed by atoms with Crippen LogP contribution in [0.1, 0.15) is 73.4 Å². The largest absolute Gasteiger partial charge is 0.329 e. The van der Waals surface area contributed by atoms with Crippen molar-refractivity contribution in [1.82, 2.24) is 5.32 Å². The number of aldehydes is 1. The van der Waals surface area contributed by atoms with Crippen molar-refractivity contribution in [2.45, 2.75) is 67.2 Å². The predicted molar refractivity (Wildman–Crippen MR) is 183 cm³/mol. The second-order valence-electron chi connectivity index (χ2n) is 7.75. The van der Waals surface area contributed by atoms with E-state index in [1.807, 2.05) is 65.8 Å². The number of hydrogen-bond acceptors (Lipinski definition) is 5. The molecule has 0 saturated carbocycles. The molecule has 1 atom stereocenters. The third-order valence-corrected chi connectivity index (χ3v) is 5.95. The van der Waals surface area contributed by atoms with Crippen LogP contribution in [-0.4, -0.2) is 31.6 Å². The van der Waals surface area contributed by atoms with Crippen molar-refractivity contribution < 1.29 is 4.79 Å². The number of allylic oxidation sites excluding steroid dienone is 5. The Morgan fingerprint density at radius 2 is 1.50 bits per heavy atom. The summed E-state index contributed by atoms with van der Waals surface area (Å²) in [6.45, 7) is 27.4. The van der Waals surface area contributed by atoms with Crippen LogP contribution in [0.4, 0.5) is 0 Å². The topological polar surface area (TPSA) is 67.5 Å². The highest BCUT2D eigenvalue weighted by Crippen LogP contribution is 2.35. The normalized spacial score (nSPS) is 11.7. The van der Waals surface area contributed by atoms with Crippen molar-refractivity contribution in [2.75, 3.05) is 19.6 Å². The zero-order valence-electron chi connectivity index (χ0n) is 26.5. The molecule has 0 bridgehead atoms. The van der Waals surface area contributed by atoms with Crippen LogP contribution in [0.3, 0.4) is 0 Å². The minimum absolute atomic E-state index is 0.0185. The van der Waals surface area contributed by atoms with Crippen LogP contribution in [0.2, 0.25) is 0 Å². The standard InChI is InChI=1S/C17H15NS.C5H12N2.C5H8O.C4H8.2C2H6/c1-12-13(2)19-16-11-7-6-10-15(16)17(18-12)14-8-4-3-5-9-14;1-2-4-7-5-3-6;1-3-5(2)4-6;1-3-4-2;2*1-2/h3-11H,1-2H3;2,7H,1,3-6H2;3-5H,1H2,2H3;3-4H,1-2H3;2*1-2H3/b;;;4-3-;;. The van der Waals surface area contributed by atoms with Gasteiger partial charge in [0.15, 0.2) is 0 Å². The Morgan fingerprint density at radius 1 is 0.950 bits per heavy atom. The molecule has 0 amide bonds. The van der Waals surface area contributed by atoms with Gasteiger partial charge in [0, 0.05) is 52.2 Å². The first kappa shape index (κ1) is 41.5. The van der Waals surface area contributed by atoms with Gasteiger partial charge >= 0.3 is 0 Å². The van der Waals surface area contributed by atoms with Gasteiger partial charge in [-0.25, -0.2) is 0 Å². The van der Waals surface area contributed by atoms with Gasteiger partial charge in [0.25, 0.3) is 0 Å². The molecule has 3 rings (SSSR count). The van der Waals surface area contributed by atoms with E-state index in [2.05, 4.69) is 80.9 Å². The van der Waals surface area contributed by atoms with Crippen molar-refractivity contribution in [3.63, 3.8) is 0 Å². The van der Waals surface area contributed by atoms with Crippen LogP contribution in [0, 0.1) is 5.92 Å². The van der Waals surface area contributed by atoms with Crippen molar-refractivity contribution in [3.05, 3.63) is 114 Å².